The van der Waals surface area contributed by atoms with Gasteiger partial charge in [-0.2, -0.15) is 0 Å². The Balaban J connectivity index is 1.81. The van der Waals surface area contributed by atoms with Crippen molar-refractivity contribution in [2.45, 2.75) is 39.5 Å². The van der Waals surface area contributed by atoms with Crippen molar-refractivity contribution in [2.24, 2.45) is 0 Å². The number of hydrogen-bond acceptors (Lipinski definition) is 2. The first kappa shape index (κ1) is 18.3. The Morgan fingerprint density at radius 1 is 1.08 bits per heavy atom. The average molecular weight is 331 g/mol. The van der Waals surface area contributed by atoms with Gasteiger partial charge in [-0.3, -0.25) is 4.79 Å². The van der Waals surface area contributed by atoms with E-state index in [4.69, 9.17) is 0 Å². The van der Waals surface area contributed by atoms with Gasteiger partial charge in [-0.1, -0.05) is 31.2 Å². The van der Waals surface area contributed by atoms with Crippen LogP contribution in [-0.4, -0.2) is 54.5 Å². The minimum atomic E-state index is -0.00828. The second-order valence-electron chi connectivity index (χ2n) is 6.38. The van der Waals surface area contributed by atoms with E-state index in [0.717, 1.165) is 32.4 Å². The summed E-state index contributed by atoms with van der Waals surface area (Å²) in [6, 6.07) is 8.20. The number of carbonyl (C=O) groups excluding carboxylic acids is 2. The average Bonchev–Trinajstić information content (AvgIpc) is 2.85. The normalized spacial score (nSPS) is 15.1. The lowest BCUT2D eigenvalue weighted by molar-refractivity contribution is -0.131. The van der Waals surface area contributed by atoms with Gasteiger partial charge in [-0.25, -0.2) is 4.79 Å². The smallest absolute Gasteiger partial charge is 0.317 e. The molecule has 3 amide bonds. The van der Waals surface area contributed by atoms with Crippen molar-refractivity contribution in [3.8, 4) is 0 Å². The molecule has 132 valence electrons. The Morgan fingerprint density at radius 2 is 1.79 bits per heavy atom. The topological polar surface area (TPSA) is 52.7 Å². The second-order valence-corrected chi connectivity index (χ2v) is 6.38. The lowest BCUT2D eigenvalue weighted by Gasteiger charge is -2.22. The lowest BCUT2D eigenvalue weighted by Crippen LogP contribution is -2.42. The first-order chi connectivity index (χ1) is 11.6. The molecule has 1 aliphatic heterocycles. The van der Waals surface area contributed by atoms with Gasteiger partial charge >= 0.3 is 6.03 Å². The highest BCUT2D eigenvalue weighted by molar-refractivity contribution is 5.77. The van der Waals surface area contributed by atoms with Crippen LogP contribution < -0.4 is 5.32 Å². The third-order valence-electron chi connectivity index (χ3n) is 4.53. The summed E-state index contributed by atoms with van der Waals surface area (Å²) in [7, 11) is 0. The number of nitrogens with one attached hydrogen (secondary N) is 1. The fourth-order valence-electron chi connectivity index (χ4n) is 3.00. The number of urea groups is 1. The molecule has 0 aromatic heterocycles. The van der Waals surface area contributed by atoms with E-state index in [2.05, 4.69) is 24.4 Å². The Labute approximate surface area is 145 Å². The van der Waals surface area contributed by atoms with E-state index in [-0.39, 0.29) is 11.9 Å². The van der Waals surface area contributed by atoms with Crippen molar-refractivity contribution in [3.05, 3.63) is 35.4 Å². The molecule has 5 nitrogen and oxygen atoms in total. The number of nitrogens with zero attached hydrogens (tertiary/aromatic N) is 2. The van der Waals surface area contributed by atoms with E-state index >= 15 is 0 Å². The van der Waals surface area contributed by atoms with Crippen LogP contribution in [0.4, 0.5) is 4.79 Å². The van der Waals surface area contributed by atoms with Gasteiger partial charge in [0.2, 0.25) is 5.91 Å². The maximum absolute atomic E-state index is 12.5. The van der Waals surface area contributed by atoms with Crippen LogP contribution in [0.5, 0.6) is 0 Å². The van der Waals surface area contributed by atoms with Crippen molar-refractivity contribution < 1.29 is 9.59 Å². The summed E-state index contributed by atoms with van der Waals surface area (Å²) in [4.78, 5) is 28.3. The summed E-state index contributed by atoms with van der Waals surface area (Å²) in [5.74, 6) is 0.189. The van der Waals surface area contributed by atoms with E-state index < -0.39 is 0 Å². The molecule has 0 unspecified atom stereocenters. The molecule has 0 saturated carbocycles. The molecular weight excluding hydrogens is 302 g/mol. The molecule has 0 atom stereocenters. The lowest BCUT2D eigenvalue weighted by atomic mass is 10.0. The SMILES string of the molecule is CCCNC(=O)N1CCCN(C(=O)CCc2ccccc2C)CC1. The highest BCUT2D eigenvalue weighted by atomic mass is 16.2. The van der Waals surface area contributed by atoms with E-state index in [1.54, 1.807) is 0 Å². The van der Waals surface area contributed by atoms with Gasteiger partial charge in [0.25, 0.3) is 0 Å². The summed E-state index contributed by atoms with van der Waals surface area (Å²) >= 11 is 0. The molecule has 1 saturated heterocycles. The molecule has 1 N–H and O–H groups in total. The third-order valence-corrected chi connectivity index (χ3v) is 4.53. The zero-order chi connectivity index (χ0) is 17.4. The van der Waals surface area contributed by atoms with Gasteiger partial charge in [0.15, 0.2) is 0 Å². The largest absolute Gasteiger partial charge is 0.341 e. The fourth-order valence-corrected chi connectivity index (χ4v) is 3.00. The maximum atomic E-state index is 12.5. The fraction of sp³-hybridized carbons (Fsp3) is 0.579. The zero-order valence-corrected chi connectivity index (χ0v) is 14.9. The molecule has 0 aliphatic carbocycles. The zero-order valence-electron chi connectivity index (χ0n) is 14.9. The van der Waals surface area contributed by atoms with E-state index in [1.165, 1.54) is 11.1 Å². The molecule has 5 heteroatoms. The molecule has 0 spiro atoms. The number of hydrogen-bond donors (Lipinski definition) is 1. The van der Waals surface area contributed by atoms with Gasteiger partial charge in [0.1, 0.15) is 0 Å². The monoisotopic (exact) mass is 331 g/mol. The van der Waals surface area contributed by atoms with Crippen LogP contribution in [-0.2, 0) is 11.2 Å². The summed E-state index contributed by atoms with van der Waals surface area (Å²) in [6.07, 6.45) is 3.09. The minimum Gasteiger partial charge on any atom is -0.341 e. The van der Waals surface area contributed by atoms with Crippen molar-refractivity contribution in [2.75, 3.05) is 32.7 Å². The van der Waals surface area contributed by atoms with Crippen LogP contribution in [0.15, 0.2) is 24.3 Å². The Kier molecular flexibility index (Phi) is 7.09. The molecule has 1 aromatic rings. The van der Waals surface area contributed by atoms with Crippen LogP contribution in [0.2, 0.25) is 0 Å². The molecule has 1 aromatic carbocycles. The van der Waals surface area contributed by atoms with Crippen LogP contribution in [0.25, 0.3) is 0 Å². The van der Waals surface area contributed by atoms with Crippen molar-refractivity contribution in [1.82, 2.24) is 15.1 Å². The van der Waals surface area contributed by atoms with E-state index in [9.17, 15) is 9.59 Å². The first-order valence-electron chi connectivity index (χ1n) is 8.97. The van der Waals surface area contributed by atoms with Crippen LogP contribution in [0.3, 0.4) is 0 Å². The van der Waals surface area contributed by atoms with Crippen LogP contribution in [0, 0.1) is 6.92 Å². The highest BCUT2D eigenvalue weighted by Crippen LogP contribution is 2.12. The van der Waals surface area contributed by atoms with Crippen molar-refractivity contribution in [1.29, 1.82) is 0 Å². The van der Waals surface area contributed by atoms with Crippen molar-refractivity contribution in [3.63, 3.8) is 0 Å². The van der Waals surface area contributed by atoms with E-state index in [0.29, 0.717) is 26.1 Å². The molecule has 24 heavy (non-hydrogen) atoms. The molecular formula is C19H29N3O2. The second kappa shape index (κ2) is 9.30. The Bertz CT molecular complexity index is 559. The molecule has 1 fully saturated rings. The Hall–Kier alpha value is -2.04. The first-order valence-corrected chi connectivity index (χ1v) is 8.97. The summed E-state index contributed by atoms with van der Waals surface area (Å²) in [6.45, 7) is 7.53. The molecule has 2 rings (SSSR count). The number of carbonyl (C=O) groups is 2. The molecule has 0 radical (unpaired) electrons. The molecule has 0 bridgehead atoms. The summed E-state index contributed by atoms with van der Waals surface area (Å²) in [5, 5.41) is 2.91. The maximum Gasteiger partial charge on any atom is 0.317 e. The molecule has 1 aliphatic rings. The van der Waals surface area contributed by atoms with Gasteiger partial charge < -0.3 is 15.1 Å². The van der Waals surface area contributed by atoms with Crippen LogP contribution >= 0.6 is 0 Å². The van der Waals surface area contributed by atoms with Crippen LogP contribution in [0.1, 0.15) is 37.3 Å². The van der Waals surface area contributed by atoms with Gasteiger partial charge in [-0.15, -0.1) is 0 Å². The summed E-state index contributed by atoms with van der Waals surface area (Å²) < 4.78 is 0. The minimum absolute atomic E-state index is 0.00828. The van der Waals surface area contributed by atoms with Crippen molar-refractivity contribution >= 4 is 11.9 Å². The number of rotatable bonds is 5. The molecule has 1 heterocycles. The predicted octanol–water partition coefficient (Wildman–Crippen LogP) is 2.58. The standard InChI is InChI=1S/C19H29N3O2/c1-3-11-20-19(24)22-13-6-12-21(14-15-22)18(23)10-9-17-8-5-4-7-16(17)2/h4-5,7-8H,3,6,9-15H2,1-2H3,(H,20,24). The van der Waals surface area contributed by atoms with E-state index in [1.807, 2.05) is 28.9 Å². The number of aryl methyl sites for hydroxylation is 2. The highest BCUT2D eigenvalue weighted by Gasteiger charge is 2.21. The number of benzene rings is 1. The van der Waals surface area contributed by atoms with Gasteiger partial charge in [0.05, 0.1) is 0 Å². The van der Waals surface area contributed by atoms with Gasteiger partial charge in [-0.05, 0) is 37.3 Å². The quantitative estimate of drug-likeness (QED) is 0.901. The predicted molar refractivity (Wildman–Crippen MR) is 96.0 cm³/mol. The summed E-state index contributed by atoms with van der Waals surface area (Å²) in [5.41, 5.74) is 2.47. The number of amides is 3. The third kappa shape index (κ3) is 5.25. The van der Waals surface area contributed by atoms with Gasteiger partial charge in [0, 0.05) is 39.1 Å². The Morgan fingerprint density at radius 3 is 2.54 bits per heavy atom.